The van der Waals surface area contributed by atoms with Crippen LogP contribution in [0.4, 0.5) is 14.9 Å². The van der Waals surface area contributed by atoms with Crippen LogP contribution in [-0.4, -0.2) is 24.7 Å². The lowest BCUT2D eigenvalue weighted by molar-refractivity contribution is -0.827. The maximum absolute atomic E-state index is 11.2. The summed E-state index contributed by atoms with van der Waals surface area (Å²) >= 11 is 1.33. The van der Waals surface area contributed by atoms with Gasteiger partial charge in [-0.3, -0.25) is 5.32 Å². The number of hydrogen-bond acceptors (Lipinski definition) is 4. The molecule has 0 aliphatic carbocycles. The maximum Gasteiger partial charge on any atom is 0.321 e. The van der Waals surface area contributed by atoms with Gasteiger partial charge in [0.25, 0.3) is 0 Å². The summed E-state index contributed by atoms with van der Waals surface area (Å²) in [6.07, 6.45) is 3.23. The molecule has 0 saturated heterocycles. The van der Waals surface area contributed by atoms with E-state index in [0.717, 1.165) is 5.00 Å². The fourth-order valence-corrected chi connectivity index (χ4v) is 1.54. The van der Waals surface area contributed by atoms with Gasteiger partial charge in [0.1, 0.15) is 6.20 Å². The molecular formula is C8H13N4O2S+. The average Bonchev–Trinajstić information content (AvgIpc) is 2.63. The van der Waals surface area contributed by atoms with Crippen molar-refractivity contribution in [2.75, 3.05) is 19.0 Å². The molecule has 0 radical (unpaired) electrons. The number of hydrogen-bond donors (Lipinski definition) is 3. The first-order valence-electron chi connectivity index (χ1n) is 4.24. The van der Waals surface area contributed by atoms with E-state index in [1.54, 1.807) is 24.9 Å². The largest absolute Gasteiger partial charge is 0.334 e. The first kappa shape index (κ1) is 11.6. The van der Waals surface area contributed by atoms with E-state index in [0.29, 0.717) is 11.7 Å². The number of carbonyl (C=O) groups is 1. The Balaban J connectivity index is 2.42. The number of urea groups is 1. The molecule has 0 unspecified atom stereocenters. The van der Waals surface area contributed by atoms with Crippen molar-refractivity contribution in [3.63, 3.8) is 0 Å². The molecule has 0 saturated carbocycles. The Morgan fingerprint density at radius 3 is 3.33 bits per heavy atom. The molecule has 1 heterocycles. The quantitative estimate of drug-likeness (QED) is 0.498. The van der Waals surface area contributed by atoms with Gasteiger partial charge in [0, 0.05) is 6.54 Å². The highest BCUT2D eigenvalue weighted by atomic mass is 32.1. The summed E-state index contributed by atoms with van der Waals surface area (Å²) in [5.74, 6) is 0. The van der Waals surface area contributed by atoms with E-state index >= 15 is 0 Å². The van der Waals surface area contributed by atoms with Crippen molar-refractivity contribution in [3.05, 3.63) is 18.9 Å². The number of quaternary nitrogens is 1. The van der Waals surface area contributed by atoms with Crippen molar-refractivity contribution in [3.8, 4) is 0 Å². The van der Waals surface area contributed by atoms with Crippen molar-refractivity contribution >= 4 is 27.5 Å². The van der Waals surface area contributed by atoms with Gasteiger partial charge in [-0.2, -0.15) is 5.48 Å². The summed E-state index contributed by atoms with van der Waals surface area (Å²) in [4.78, 5) is 20.0. The van der Waals surface area contributed by atoms with Crippen molar-refractivity contribution in [1.29, 1.82) is 0 Å². The first-order chi connectivity index (χ1) is 7.26. The molecule has 7 heteroatoms. The van der Waals surface area contributed by atoms with Crippen molar-refractivity contribution in [2.45, 2.75) is 0 Å². The van der Waals surface area contributed by atoms with Gasteiger partial charge in [0.05, 0.1) is 7.11 Å². The SMILES string of the molecule is C=CCNC(=O)Nc1ncc([NH2+]OC)s1. The maximum atomic E-state index is 11.2. The summed E-state index contributed by atoms with van der Waals surface area (Å²) in [7, 11) is 1.56. The topological polar surface area (TPSA) is 79.9 Å². The summed E-state index contributed by atoms with van der Waals surface area (Å²) in [6.45, 7) is 3.92. The lowest BCUT2D eigenvalue weighted by Crippen LogP contribution is -2.75. The van der Waals surface area contributed by atoms with E-state index in [9.17, 15) is 4.79 Å². The number of carbonyl (C=O) groups excluding carboxylic acids is 1. The highest BCUT2D eigenvalue weighted by Gasteiger charge is 2.07. The van der Waals surface area contributed by atoms with Crippen molar-refractivity contribution in [1.82, 2.24) is 10.3 Å². The Hall–Kier alpha value is -1.44. The van der Waals surface area contributed by atoms with Gasteiger partial charge in [0.2, 0.25) is 5.00 Å². The normalized spacial score (nSPS) is 9.67. The monoisotopic (exact) mass is 229 g/mol. The van der Waals surface area contributed by atoms with Crippen LogP contribution < -0.4 is 16.1 Å². The molecule has 15 heavy (non-hydrogen) atoms. The standard InChI is InChI=1S/C8H12N4O2S/c1-3-4-9-7(13)11-8-10-5-6(15-8)12-14-2/h3,5,12H,1,4H2,2H3,(H2,9,10,11,13)/p+1. The second kappa shape index (κ2) is 6.12. The van der Waals surface area contributed by atoms with Crippen LogP contribution in [0, 0.1) is 0 Å². The van der Waals surface area contributed by atoms with Gasteiger partial charge in [-0.05, 0) is 11.3 Å². The molecule has 1 rings (SSSR count). The Bertz CT molecular complexity index is 339. The molecule has 0 aliphatic rings. The van der Waals surface area contributed by atoms with Crippen LogP contribution >= 0.6 is 11.3 Å². The second-order valence-corrected chi connectivity index (χ2v) is 3.61. The molecule has 0 aliphatic heterocycles. The molecule has 0 aromatic carbocycles. The van der Waals surface area contributed by atoms with E-state index in [-0.39, 0.29) is 6.03 Å². The number of nitrogens with zero attached hydrogens (tertiary/aromatic N) is 1. The average molecular weight is 229 g/mol. The van der Waals surface area contributed by atoms with Crippen molar-refractivity contribution in [2.24, 2.45) is 0 Å². The van der Waals surface area contributed by atoms with E-state index in [1.807, 2.05) is 0 Å². The Labute approximate surface area is 91.3 Å². The molecule has 0 fully saturated rings. The smallest absolute Gasteiger partial charge is 0.321 e. The third-order valence-corrected chi connectivity index (χ3v) is 2.22. The van der Waals surface area contributed by atoms with Crippen LogP contribution in [0.1, 0.15) is 0 Å². The Kier molecular flexibility index (Phi) is 4.75. The number of amides is 2. The predicted molar refractivity (Wildman–Crippen MR) is 57.9 cm³/mol. The minimum atomic E-state index is -0.298. The van der Waals surface area contributed by atoms with E-state index in [4.69, 9.17) is 4.84 Å². The third kappa shape index (κ3) is 4.07. The third-order valence-electron chi connectivity index (χ3n) is 1.38. The molecule has 6 nitrogen and oxygen atoms in total. The molecule has 1 aromatic heterocycles. The van der Waals surface area contributed by atoms with Gasteiger partial charge in [0.15, 0.2) is 5.13 Å². The van der Waals surface area contributed by atoms with Crippen LogP contribution in [0.2, 0.25) is 0 Å². The van der Waals surface area contributed by atoms with Gasteiger partial charge in [-0.15, -0.1) is 6.58 Å². The number of thiazole rings is 1. The molecule has 0 bridgehead atoms. The summed E-state index contributed by atoms with van der Waals surface area (Å²) in [5, 5.41) is 6.54. The number of rotatable bonds is 5. The molecule has 82 valence electrons. The summed E-state index contributed by atoms with van der Waals surface area (Å²) in [6, 6.07) is -0.298. The van der Waals surface area contributed by atoms with Gasteiger partial charge in [-0.1, -0.05) is 6.08 Å². The van der Waals surface area contributed by atoms with Crippen LogP contribution in [0.25, 0.3) is 0 Å². The minimum Gasteiger partial charge on any atom is -0.334 e. The molecule has 4 N–H and O–H groups in total. The zero-order valence-corrected chi connectivity index (χ0v) is 9.13. The molecule has 0 atom stereocenters. The molecule has 2 amide bonds. The lowest BCUT2D eigenvalue weighted by atomic mass is 10.6. The number of nitrogens with one attached hydrogen (secondary N) is 2. The van der Waals surface area contributed by atoms with E-state index < -0.39 is 0 Å². The highest BCUT2D eigenvalue weighted by molar-refractivity contribution is 7.18. The van der Waals surface area contributed by atoms with E-state index in [2.05, 4.69) is 22.2 Å². The number of aromatic nitrogens is 1. The van der Waals surface area contributed by atoms with Gasteiger partial charge < -0.3 is 5.32 Å². The zero-order chi connectivity index (χ0) is 11.1. The molecule has 0 spiro atoms. The first-order valence-corrected chi connectivity index (χ1v) is 5.05. The Morgan fingerprint density at radius 2 is 2.67 bits per heavy atom. The van der Waals surface area contributed by atoms with Crippen LogP contribution in [0.5, 0.6) is 0 Å². The summed E-state index contributed by atoms with van der Waals surface area (Å²) in [5.41, 5.74) is 1.56. The highest BCUT2D eigenvalue weighted by Crippen LogP contribution is 2.18. The van der Waals surface area contributed by atoms with Crippen LogP contribution in [0.3, 0.4) is 0 Å². The fourth-order valence-electron chi connectivity index (χ4n) is 0.821. The lowest BCUT2D eigenvalue weighted by Gasteiger charge is -2.00. The van der Waals surface area contributed by atoms with Gasteiger partial charge in [-0.25, -0.2) is 14.6 Å². The number of anilines is 1. The fraction of sp³-hybridized carbons (Fsp3) is 0.250. The van der Waals surface area contributed by atoms with Crippen molar-refractivity contribution < 1.29 is 15.1 Å². The van der Waals surface area contributed by atoms with Gasteiger partial charge >= 0.3 is 6.03 Å². The molecule has 1 aromatic rings. The van der Waals surface area contributed by atoms with Crippen LogP contribution in [0.15, 0.2) is 18.9 Å². The van der Waals surface area contributed by atoms with Crippen LogP contribution in [-0.2, 0) is 4.84 Å². The Morgan fingerprint density at radius 1 is 1.87 bits per heavy atom. The predicted octanol–water partition coefficient (Wildman–Crippen LogP) is 0.207. The second-order valence-electron chi connectivity index (χ2n) is 2.55. The van der Waals surface area contributed by atoms with E-state index in [1.165, 1.54) is 11.3 Å². The number of nitrogens with two attached hydrogens (primary N) is 1. The summed E-state index contributed by atoms with van der Waals surface area (Å²) < 4.78 is 0. The zero-order valence-electron chi connectivity index (χ0n) is 8.32. The molecular weight excluding hydrogens is 216 g/mol. The minimum absolute atomic E-state index is 0.298.